The minimum Gasteiger partial charge on any atom is -0.352 e. The fourth-order valence-corrected chi connectivity index (χ4v) is 3.48. The number of phosphoric acid groups is 2. The van der Waals surface area contributed by atoms with Crippen LogP contribution in [0, 0.1) is 0 Å². The van der Waals surface area contributed by atoms with Crippen LogP contribution in [0.15, 0.2) is 0 Å². The molecule has 2 aliphatic rings. The first-order valence-electron chi connectivity index (χ1n) is 3.59. The maximum Gasteiger partial charge on any atom is 0.603 e. The fraction of sp³-hybridized carbons (Fsp3) is 0. The minimum absolute atomic E-state index is 1.66. The third kappa shape index (κ3) is 2.07. The van der Waals surface area contributed by atoms with Crippen molar-refractivity contribution in [3.05, 3.63) is 0 Å². The molecular weight excluding hydrogens is 286 g/mol. The number of hydrogen-bond donors (Lipinski definition) is 0. The second-order valence-electron chi connectivity index (χ2n) is 2.49. The lowest BCUT2D eigenvalue weighted by Crippen LogP contribution is -2.05. The van der Waals surface area contributed by atoms with Crippen LogP contribution in [-0.2, 0) is 50.7 Å². The SMILES string of the molecule is O=C1OP(=O)(OP2(=O)OC(=O)C(=O)O2)OC1=O. The summed E-state index contributed by atoms with van der Waals surface area (Å²) in [5, 5.41) is 0. The van der Waals surface area contributed by atoms with Crippen molar-refractivity contribution in [3.8, 4) is 0 Å². The Morgan fingerprint density at radius 1 is 0.647 bits per heavy atom. The highest BCUT2D eigenvalue weighted by atomic mass is 31.3. The van der Waals surface area contributed by atoms with Crippen LogP contribution in [0.2, 0.25) is 0 Å². The summed E-state index contributed by atoms with van der Waals surface area (Å²) in [6, 6.07) is 0. The van der Waals surface area contributed by atoms with Crippen molar-refractivity contribution in [3.63, 3.8) is 0 Å². The maximum atomic E-state index is 11.3. The first-order chi connectivity index (χ1) is 7.73. The van der Waals surface area contributed by atoms with Gasteiger partial charge in [0.1, 0.15) is 0 Å². The van der Waals surface area contributed by atoms with Crippen LogP contribution in [0.3, 0.4) is 0 Å². The van der Waals surface area contributed by atoms with E-state index in [-0.39, 0.29) is 0 Å². The van der Waals surface area contributed by atoms with E-state index < -0.39 is 39.5 Å². The van der Waals surface area contributed by atoms with Crippen molar-refractivity contribution >= 4 is 39.5 Å². The van der Waals surface area contributed by atoms with Gasteiger partial charge < -0.3 is 18.1 Å². The highest BCUT2D eigenvalue weighted by molar-refractivity contribution is 7.64. The van der Waals surface area contributed by atoms with E-state index in [1.165, 1.54) is 0 Å². The standard InChI is InChI=1S/C4O11P2/c5-1-2(6)12-16(9,11-1)15-17(10)13-3(7)4(8)14-17. The Morgan fingerprint density at radius 2 is 0.882 bits per heavy atom. The van der Waals surface area contributed by atoms with E-state index in [9.17, 15) is 28.3 Å². The predicted octanol–water partition coefficient (Wildman–Crippen LogP) is -0.581. The molecule has 17 heavy (non-hydrogen) atoms. The lowest BCUT2D eigenvalue weighted by molar-refractivity contribution is -0.150. The van der Waals surface area contributed by atoms with Gasteiger partial charge in [-0.2, -0.15) is 0 Å². The molecule has 0 aromatic carbocycles. The Balaban J connectivity index is 2.18. The summed E-state index contributed by atoms with van der Waals surface area (Å²) < 4.78 is 42.0. The minimum atomic E-state index is -4.87. The molecule has 0 bridgehead atoms. The largest absolute Gasteiger partial charge is 0.603 e. The molecule has 0 atom stereocenters. The summed E-state index contributed by atoms with van der Waals surface area (Å²) >= 11 is 0. The van der Waals surface area contributed by atoms with Gasteiger partial charge in [0.15, 0.2) is 0 Å². The van der Waals surface area contributed by atoms with Crippen LogP contribution < -0.4 is 0 Å². The smallest absolute Gasteiger partial charge is 0.352 e. The van der Waals surface area contributed by atoms with Crippen molar-refractivity contribution in [2.45, 2.75) is 0 Å². The zero-order valence-corrected chi connectivity index (χ0v) is 9.17. The van der Waals surface area contributed by atoms with Crippen LogP contribution in [0.4, 0.5) is 0 Å². The average Bonchev–Trinajstić information content (AvgIpc) is 2.51. The average molecular weight is 286 g/mol. The lowest BCUT2D eigenvalue weighted by Gasteiger charge is -2.09. The Bertz CT molecular complexity index is 456. The van der Waals surface area contributed by atoms with Crippen molar-refractivity contribution in [1.29, 1.82) is 0 Å². The van der Waals surface area contributed by atoms with E-state index in [2.05, 4.69) is 22.4 Å². The summed E-state index contributed by atoms with van der Waals surface area (Å²) in [4.78, 5) is 42.2. The molecule has 2 heterocycles. The summed E-state index contributed by atoms with van der Waals surface area (Å²) in [6.45, 7) is 0. The normalized spacial score (nSPS) is 24.9. The molecule has 0 amide bonds. The van der Waals surface area contributed by atoms with Gasteiger partial charge in [-0.15, -0.1) is 4.31 Å². The van der Waals surface area contributed by atoms with Crippen molar-refractivity contribution in [1.82, 2.24) is 0 Å². The second-order valence-corrected chi connectivity index (χ2v) is 5.66. The van der Waals surface area contributed by atoms with Gasteiger partial charge in [0.2, 0.25) is 0 Å². The molecule has 13 heteroatoms. The van der Waals surface area contributed by atoms with Gasteiger partial charge >= 0.3 is 39.5 Å². The van der Waals surface area contributed by atoms with Gasteiger partial charge in [0.25, 0.3) is 0 Å². The molecule has 92 valence electrons. The molecule has 0 aliphatic carbocycles. The van der Waals surface area contributed by atoms with Crippen LogP contribution in [0.25, 0.3) is 0 Å². The van der Waals surface area contributed by atoms with Crippen LogP contribution in [-0.4, -0.2) is 23.9 Å². The molecule has 0 unspecified atom stereocenters. The molecule has 2 saturated heterocycles. The molecule has 0 N–H and O–H groups in total. The van der Waals surface area contributed by atoms with Gasteiger partial charge in [-0.05, 0) is 0 Å². The van der Waals surface area contributed by atoms with Crippen LogP contribution in [0.5, 0.6) is 0 Å². The Kier molecular flexibility index (Phi) is 2.35. The monoisotopic (exact) mass is 286 g/mol. The van der Waals surface area contributed by atoms with Gasteiger partial charge in [0.05, 0.1) is 0 Å². The van der Waals surface area contributed by atoms with Crippen molar-refractivity contribution in [2.75, 3.05) is 0 Å². The highest BCUT2D eigenvalue weighted by Gasteiger charge is 2.58. The summed E-state index contributed by atoms with van der Waals surface area (Å²) in [5.41, 5.74) is 0. The zero-order chi connectivity index (χ0) is 12.8. The molecule has 0 aromatic heterocycles. The van der Waals surface area contributed by atoms with E-state index in [0.29, 0.717) is 0 Å². The maximum absolute atomic E-state index is 11.3. The summed E-state index contributed by atoms with van der Waals surface area (Å²) in [6.07, 6.45) is 0. The second kappa shape index (κ2) is 3.39. The molecule has 0 aromatic rings. The zero-order valence-electron chi connectivity index (χ0n) is 7.39. The first-order valence-corrected chi connectivity index (χ1v) is 6.51. The molecular formula is C4O11P2. The van der Waals surface area contributed by atoms with Crippen LogP contribution in [0.1, 0.15) is 0 Å². The van der Waals surface area contributed by atoms with E-state index in [1.807, 2.05) is 0 Å². The summed E-state index contributed by atoms with van der Waals surface area (Å²) in [7, 11) is -9.73. The quantitative estimate of drug-likeness (QED) is 0.473. The Labute approximate surface area is 91.1 Å². The first kappa shape index (κ1) is 11.8. The molecule has 0 radical (unpaired) electrons. The molecule has 2 aliphatic heterocycles. The third-order valence-electron chi connectivity index (χ3n) is 1.31. The van der Waals surface area contributed by atoms with Crippen molar-refractivity contribution in [2.24, 2.45) is 0 Å². The predicted molar refractivity (Wildman–Crippen MR) is 40.7 cm³/mol. The van der Waals surface area contributed by atoms with Crippen LogP contribution >= 0.6 is 15.6 Å². The molecule has 2 fully saturated rings. The van der Waals surface area contributed by atoms with Gasteiger partial charge in [-0.1, -0.05) is 0 Å². The number of carbonyl (C=O) groups is 4. The molecule has 11 nitrogen and oxygen atoms in total. The number of rotatable bonds is 2. The fourth-order valence-electron chi connectivity index (χ4n) is 0.782. The highest BCUT2D eigenvalue weighted by Crippen LogP contribution is 2.69. The van der Waals surface area contributed by atoms with E-state index in [4.69, 9.17) is 0 Å². The third-order valence-corrected chi connectivity index (χ3v) is 4.47. The summed E-state index contributed by atoms with van der Waals surface area (Å²) in [5.74, 6) is -6.62. The van der Waals surface area contributed by atoms with Gasteiger partial charge in [-0.25, -0.2) is 28.3 Å². The number of hydrogen-bond acceptors (Lipinski definition) is 11. The number of phosphoric ester groups is 2. The lowest BCUT2D eigenvalue weighted by atomic mass is 10.7. The van der Waals surface area contributed by atoms with E-state index in [1.54, 1.807) is 0 Å². The molecule has 0 spiro atoms. The Hall–Kier alpha value is -1.70. The molecule has 0 saturated carbocycles. The Morgan fingerprint density at radius 3 is 1.12 bits per heavy atom. The van der Waals surface area contributed by atoms with Crippen molar-refractivity contribution < 1.29 is 50.7 Å². The van der Waals surface area contributed by atoms with E-state index in [0.717, 1.165) is 0 Å². The van der Waals surface area contributed by atoms with Gasteiger partial charge in [-0.3, -0.25) is 0 Å². The topological polar surface area (TPSA) is 149 Å². The van der Waals surface area contributed by atoms with E-state index >= 15 is 0 Å². The molecule has 2 rings (SSSR count). The number of carbonyl (C=O) groups excluding carboxylic acids is 4. The van der Waals surface area contributed by atoms with Gasteiger partial charge in [0, 0.05) is 0 Å².